The van der Waals surface area contributed by atoms with Gasteiger partial charge in [-0.25, -0.2) is 4.99 Å². The van der Waals surface area contributed by atoms with Gasteiger partial charge in [0.1, 0.15) is 12.1 Å². The topological polar surface area (TPSA) is 21.6 Å². The minimum absolute atomic E-state index is 0.145. The molecule has 2 aliphatic rings. The molecule has 0 spiro atoms. The molecule has 0 saturated carbocycles. The molecule has 0 radical (unpaired) electrons. The summed E-state index contributed by atoms with van der Waals surface area (Å²) in [5.74, 6) is 0. The van der Waals surface area contributed by atoms with Crippen molar-refractivity contribution in [3.63, 3.8) is 0 Å². The van der Waals surface area contributed by atoms with Crippen molar-refractivity contribution in [2.24, 2.45) is 10.4 Å². The van der Waals surface area contributed by atoms with E-state index < -0.39 is 0 Å². The van der Waals surface area contributed by atoms with Gasteiger partial charge >= 0.3 is 0 Å². The van der Waals surface area contributed by atoms with Crippen molar-refractivity contribution in [3.8, 4) is 0 Å². The van der Waals surface area contributed by atoms with Crippen molar-refractivity contribution in [1.29, 1.82) is 0 Å². The lowest BCUT2D eigenvalue weighted by molar-refractivity contribution is 0.262. The first-order chi connectivity index (χ1) is 6.07. The Morgan fingerprint density at radius 2 is 2.15 bits per heavy atom. The highest BCUT2D eigenvalue weighted by Crippen LogP contribution is 2.31. The largest absolute Gasteiger partial charge is 0.474 e. The SMILES string of the molecule is CC(C)(C)C1=CC2N=COC2C=C1. The maximum Gasteiger partial charge on any atom is 0.171 e. The first-order valence-corrected chi connectivity index (χ1v) is 4.65. The summed E-state index contributed by atoms with van der Waals surface area (Å²) in [4.78, 5) is 4.25. The first-order valence-electron chi connectivity index (χ1n) is 4.65. The molecule has 2 heteroatoms. The van der Waals surface area contributed by atoms with E-state index in [2.05, 4.69) is 44.0 Å². The molecule has 1 heterocycles. The van der Waals surface area contributed by atoms with E-state index >= 15 is 0 Å². The Morgan fingerprint density at radius 3 is 2.85 bits per heavy atom. The quantitative estimate of drug-likeness (QED) is 0.556. The van der Waals surface area contributed by atoms with Crippen LogP contribution >= 0.6 is 0 Å². The van der Waals surface area contributed by atoms with Gasteiger partial charge in [-0.15, -0.1) is 0 Å². The molecule has 0 saturated heterocycles. The lowest BCUT2D eigenvalue weighted by Gasteiger charge is -2.25. The fourth-order valence-electron chi connectivity index (χ4n) is 1.58. The summed E-state index contributed by atoms with van der Waals surface area (Å²) in [7, 11) is 0. The van der Waals surface area contributed by atoms with Crippen molar-refractivity contribution in [2.75, 3.05) is 0 Å². The minimum atomic E-state index is 0.145. The summed E-state index contributed by atoms with van der Waals surface area (Å²) in [5, 5.41) is 0. The highest BCUT2D eigenvalue weighted by atomic mass is 16.5. The molecule has 2 rings (SSSR count). The molecule has 1 aliphatic heterocycles. The van der Waals surface area contributed by atoms with E-state index in [0.717, 1.165) is 0 Å². The maximum atomic E-state index is 5.29. The van der Waals surface area contributed by atoms with Gasteiger partial charge in [-0.2, -0.15) is 0 Å². The van der Waals surface area contributed by atoms with Gasteiger partial charge < -0.3 is 4.74 Å². The highest BCUT2D eigenvalue weighted by molar-refractivity contribution is 5.53. The third kappa shape index (κ3) is 1.53. The summed E-state index contributed by atoms with van der Waals surface area (Å²) >= 11 is 0. The number of aliphatic imine (C=N–C) groups is 1. The number of ether oxygens (including phenoxy) is 1. The summed E-state index contributed by atoms with van der Waals surface area (Å²) < 4.78 is 5.29. The van der Waals surface area contributed by atoms with Gasteiger partial charge in [-0.1, -0.05) is 32.9 Å². The molecule has 13 heavy (non-hydrogen) atoms. The standard InChI is InChI=1S/C11H15NO/c1-11(2,3)8-4-5-10-9(6-8)12-7-13-10/h4-7,9-10H,1-3H3. The Labute approximate surface area is 79.0 Å². The summed E-state index contributed by atoms with van der Waals surface area (Å²) in [6, 6.07) is 0.208. The van der Waals surface area contributed by atoms with E-state index in [4.69, 9.17) is 4.74 Å². The molecular weight excluding hydrogens is 162 g/mol. The Morgan fingerprint density at radius 1 is 1.38 bits per heavy atom. The van der Waals surface area contributed by atoms with Crippen LogP contribution in [-0.2, 0) is 4.74 Å². The number of hydrogen-bond donors (Lipinski definition) is 0. The van der Waals surface area contributed by atoms with Crippen molar-refractivity contribution < 1.29 is 4.74 Å². The zero-order chi connectivity index (χ0) is 9.47. The maximum absolute atomic E-state index is 5.29. The van der Waals surface area contributed by atoms with E-state index in [-0.39, 0.29) is 17.6 Å². The van der Waals surface area contributed by atoms with Gasteiger partial charge in [0.2, 0.25) is 0 Å². The van der Waals surface area contributed by atoms with Gasteiger partial charge in [0.15, 0.2) is 6.40 Å². The van der Waals surface area contributed by atoms with Crippen LogP contribution in [0, 0.1) is 5.41 Å². The summed E-state index contributed by atoms with van der Waals surface area (Å²) in [6.45, 7) is 6.63. The first kappa shape index (κ1) is 8.54. The van der Waals surface area contributed by atoms with E-state index in [9.17, 15) is 0 Å². The molecule has 0 aromatic heterocycles. The van der Waals surface area contributed by atoms with Crippen LogP contribution in [0.15, 0.2) is 28.8 Å². The molecule has 0 fully saturated rings. The van der Waals surface area contributed by atoms with Crippen molar-refractivity contribution in [2.45, 2.75) is 32.9 Å². The zero-order valence-electron chi connectivity index (χ0n) is 8.32. The second kappa shape index (κ2) is 2.72. The van der Waals surface area contributed by atoms with Crippen molar-refractivity contribution >= 4 is 6.40 Å². The molecule has 0 bridgehead atoms. The van der Waals surface area contributed by atoms with Gasteiger partial charge in [0.05, 0.1) is 0 Å². The van der Waals surface area contributed by atoms with Crippen molar-refractivity contribution in [3.05, 3.63) is 23.8 Å². The number of allylic oxidation sites excluding steroid dienone is 2. The third-order valence-electron chi connectivity index (χ3n) is 2.47. The molecular formula is C11H15NO. The lowest BCUT2D eigenvalue weighted by atomic mass is 9.82. The van der Waals surface area contributed by atoms with Gasteiger partial charge in [-0.05, 0) is 17.1 Å². The predicted octanol–water partition coefficient (Wildman–Crippen LogP) is 2.32. The summed E-state index contributed by atoms with van der Waals surface area (Å²) in [6.07, 6.45) is 8.15. The van der Waals surface area contributed by atoms with Crippen LogP contribution in [0.5, 0.6) is 0 Å². The van der Waals surface area contributed by atoms with Gasteiger partial charge in [-0.3, -0.25) is 0 Å². The predicted molar refractivity (Wildman–Crippen MR) is 53.8 cm³/mol. The number of rotatable bonds is 0. The molecule has 0 N–H and O–H groups in total. The van der Waals surface area contributed by atoms with Gasteiger partial charge in [0, 0.05) is 0 Å². The molecule has 2 unspecified atom stereocenters. The van der Waals surface area contributed by atoms with Crippen LogP contribution in [0.25, 0.3) is 0 Å². The van der Waals surface area contributed by atoms with Crippen LogP contribution in [0.4, 0.5) is 0 Å². The number of hydrogen-bond acceptors (Lipinski definition) is 2. The lowest BCUT2D eigenvalue weighted by Crippen LogP contribution is -2.23. The molecule has 0 amide bonds. The van der Waals surface area contributed by atoms with Crippen LogP contribution in [-0.4, -0.2) is 18.5 Å². The Balaban J connectivity index is 2.24. The van der Waals surface area contributed by atoms with Crippen LogP contribution in [0.1, 0.15) is 20.8 Å². The van der Waals surface area contributed by atoms with Crippen LogP contribution in [0.2, 0.25) is 0 Å². The van der Waals surface area contributed by atoms with Crippen molar-refractivity contribution in [1.82, 2.24) is 0 Å². The van der Waals surface area contributed by atoms with E-state index in [1.165, 1.54) is 5.57 Å². The normalized spacial score (nSPS) is 31.2. The Kier molecular flexibility index (Phi) is 1.79. The Hall–Kier alpha value is -1.05. The average Bonchev–Trinajstić information content (AvgIpc) is 2.47. The highest BCUT2D eigenvalue weighted by Gasteiger charge is 2.27. The zero-order valence-corrected chi connectivity index (χ0v) is 8.32. The smallest absolute Gasteiger partial charge is 0.171 e. The fraction of sp³-hybridized carbons (Fsp3) is 0.545. The van der Waals surface area contributed by atoms with E-state index in [1.807, 2.05) is 0 Å². The second-order valence-electron chi connectivity index (χ2n) is 4.58. The summed E-state index contributed by atoms with van der Waals surface area (Å²) in [5.41, 5.74) is 1.55. The molecule has 0 aromatic carbocycles. The van der Waals surface area contributed by atoms with Crippen LogP contribution in [0.3, 0.4) is 0 Å². The number of nitrogens with zero attached hydrogens (tertiary/aromatic N) is 1. The monoisotopic (exact) mass is 177 g/mol. The minimum Gasteiger partial charge on any atom is -0.474 e. The Bertz CT molecular complexity index is 294. The molecule has 1 aliphatic carbocycles. The fourth-order valence-corrected chi connectivity index (χ4v) is 1.58. The third-order valence-corrected chi connectivity index (χ3v) is 2.47. The second-order valence-corrected chi connectivity index (χ2v) is 4.58. The van der Waals surface area contributed by atoms with Gasteiger partial charge in [0.25, 0.3) is 0 Å². The molecule has 2 nitrogen and oxygen atoms in total. The van der Waals surface area contributed by atoms with E-state index in [1.54, 1.807) is 6.40 Å². The average molecular weight is 177 g/mol. The van der Waals surface area contributed by atoms with Crippen LogP contribution < -0.4 is 0 Å². The number of fused-ring (bicyclic) bond motifs is 1. The van der Waals surface area contributed by atoms with E-state index in [0.29, 0.717) is 0 Å². The molecule has 2 atom stereocenters. The molecule has 0 aromatic rings. The molecule has 70 valence electrons.